The van der Waals surface area contributed by atoms with Gasteiger partial charge >= 0.3 is 18.1 Å². The number of aliphatic hydroxyl groups is 1. The summed E-state index contributed by atoms with van der Waals surface area (Å²) in [4.78, 5) is 36.1. The molecule has 0 unspecified atom stereocenters. The van der Waals surface area contributed by atoms with Gasteiger partial charge in [-0.15, -0.1) is 0 Å². The Balaban J connectivity index is 0.000000616. The summed E-state index contributed by atoms with van der Waals surface area (Å²) in [5, 5.41) is 30.6. The Morgan fingerprint density at radius 1 is 1.02 bits per heavy atom. The molecule has 0 spiro atoms. The van der Waals surface area contributed by atoms with Crippen LogP contribution < -0.4 is 15.0 Å². The number of carboxylic acids is 2. The van der Waals surface area contributed by atoms with Gasteiger partial charge in [0, 0.05) is 54.9 Å². The minimum atomic E-state index is -5.08. The number of anilines is 1. The number of carbonyl (C=O) groups excluding carboxylic acids is 1. The predicted molar refractivity (Wildman–Crippen MR) is 144 cm³/mol. The van der Waals surface area contributed by atoms with Gasteiger partial charge in [0.25, 0.3) is 5.91 Å². The first kappa shape index (κ1) is 33.2. The summed E-state index contributed by atoms with van der Waals surface area (Å²) in [5.41, 5.74) is 0.929. The molecule has 0 aromatic heterocycles. The average Bonchev–Trinajstić information content (AvgIpc) is 3.28. The molecule has 2 fully saturated rings. The van der Waals surface area contributed by atoms with Crippen molar-refractivity contribution in [2.75, 3.05) is 37.7 Å². The minimum absolute atomic E-state index is 0.0363. The van der Waals surface area contributed by atoms with Crippen molar-refractivity contribution in [3.8, 4) is 5.75 Å². The highest BCUT2D eigenvalue weighted by Gasteiger charge is 2.38. The Hall–Kier alpha value is -3.33. The normalized spacial score (nSPS) is 19.2. The van der Waals surface area contributed by atoms with Crippen molar-refractivity contribution in [2.24, 2.45) is 0 Å². The van der Waals surface area contributed by atoms with Crippen LogP contribution in [-0.2, 0) is 9.59 Å². The highest BCUT2D eigenvalue weighted by molar-refractivity contribution is 6.31. The molecule has 42 heavy (non-hydrogen) atoms. The minimum Gasteiger partial charge on any atom is -0.480 e. The zero-order chi connectivity index (χ0) is 31.2. The van der Waals surface area contributed by atoms with Gasteiger partial charge in [0.2, 0.25) is 0 Å². The lowest BCUT2D eigenvalue weighted by atomic mass is 10.0. The number of likely N-dealkylation sites (tertiary alicyclic amines) is 1. The largest absolute Gasteiger partial charge is 0.490 e. The second-order valence-electron chi connectivity index (χ2n) is 9.54. The van der Waals surface area contributed by atoms with E-state index >= 15 is 0 Å². The van der Waals surface area contributed by atoms with Gasteiger partial charge in [0.1, 0.15) is 11.6 Å². The maximum atomic E-state index is 14.2. The van der Waals surface area contributed by atoms with Crippen LogP contribution in [0.1, 0.15) is 23.2 Å². The van der Waals surface area contributed by atoms with Gasteiger partial charge in [0.05, 0.1) is 22.9 Å². The van der Waals surface area contributed by atoms with E-state index in [-0.39, 0.29) is 35.3 Å². The van der Waals surface area contributed by atoms with Crippen molar-refractivity contribution in [1.29, 1.82) is 0 Å². The molecule has 16 heteroatoms. The van der Waals surface area contributed by atoms with Gasteiger partial charge in [-0.05, 0) is 37.1 Å². The second-order valence-corrected chi connectivity index (χ2v) is 10.4. The van der Waals surface area contributed by atoms with E-state index in [4.69, 9.17) is 42.9 Å². The summed E-state index contributed by atoms with van der Waals surface area (Å²) >= 11 is 11.8. The average molecular weight is 640 g/mol. The van der Waals surface area contributed by atoms with Crippen LogP contribution in [-0.4, -0.2) is 95.2 Å². The molecule has 2 heterocycles. The molecule has 0 aliphatic carbocycles. The number of nitrogens with zero attached hydrogens (tertiary/aromatic N) is 2. The molecule has 4 rings (SSSR count). The summed E-state index contributed by atoms with van der Waals surface area (Å²) in [5.74, 6) is -4.48. The van der Waals surface area contributed by atoms with E-state index in [1.165, 1.54) is 12.1 Å². The molecule has 1 amide bonds. The van der Waals surface area contributed by atoms with Crippen molar-refractivity contribution in [3.63, 3.8) is 0 Å². The third-order valence-electron chi connectivity index (χ3n) is 6.55. The van der Waals surface area contributed by atoms with Crippen molar-refractivity contribution in [1.82, 2.24) is 10.2 Å². The molecule has 0 bridgehead atoms. The van der Waals surface area contributed by atoms with Gasteiger partial charge in [-0.25, -0.2) is 14.0 Å². The number of hydrogen-bond donors (Lipinski definition) is 4. The van der Waals surface area contributed by atoms with Gasteiger partial charge in [-0.1, -0.05) is 23.2 Å². The first-order chi connectivity index (χ1) is 19.6. The fourth-order valence-electron chi connectivity index (χ4n) is 4.49. The van der Waals surface area contributed by atoms with Gasteiger partial charge in [-0.2, -0.15) is 13.2 Å². The number of carboxylic acid groups (broad SMARTS) is 2. The topological polar surface area (TPSA) is 140 Å². The van der Waals surface area contributed by atoms with Gasteiger partial charge in [0.15, 0.2) is 6.61 Å². The molecular weight excluding hydrogens is 613 g/mol. The lowest BCUT2D eigenvalue weighted by Gasteiger charge is -2.34. The fourth-order valence-corrected chi connectivity index (χ4v) is 4.77. The van der Waals surface area contributed by atoms with E-state index in [0.717, 1.165) is 12.8 Å². The molecule has 0 radical (unpaired) electrons. The number of amides is 1. The van der Waals surface area contributed by atoms with Crippen molar-refractivity contribution < 1.29 is 52.0 Å². The van der Waals surface area contributed by atoms with Crippen LogP contribution in [0.15, 0.2) is 36.4 Å². The Bertz CT molecular complexity index is 1280. The van der Waals surface area contributed by atoms with E-state index in [9.17, 15) is 32.3 Å². The monoisotopic (exact) mass is 639 g/mol. The van der Waals surface area contributed by atoms with Crippen molar-refractivity contribution in [2.45, 2.75) is 37.2 Å². The molecule has 10 nitrogen and oxygen atoms in total. The number of piperidine rings is 1. The molecular formula is C26H27Cl2F4N3O7. The quantitative estimate of drug-likeness (QED) is 0.334. The Kier molecular flexibility index (Phi) is 11.2. The number of nitrogens with one attached hydrogen (secondary N) is 1. The number of β-amino-alcohol motifs (C(OH)–C–C–N with tert-alkyl or cyclic N) is 1. The number of rotatable bonds is 7. The first-order valence-electron chi connectivity index (χ1n) is 12.5. The second kappa shape index (κ2) is 14.2. The van der Waals surface area contributed by atoms with Crippen molar-refractivity contribution in [3.05, 3.63) is 57.8 Å². The number of halogens is 6. The number of aliphatic carboxylic acids is 2. The SMILES string of the molecule is O=C(O)C(F)(F)F.O=C(O)COc1cc(Cl)c(F)cc1N1C[C@H](NC2CCN(C(=O)c3ccc(Cl)cc3)CC2)[C@@H](O)C1. The third-order valence-corrected chi connectivity index (χ3v) is 7.09. The fraction of sp³-hybridized carbons (Fsp3) is 0.423. The van der Waals surface area contributed by atoms with E-state index < -0.39 is 36.6 Å². The van der Waals surface area contributed by atoms with Crippen LogP contribution in [0.5, 0.6) is 5.75 Å². The van der Waals surface area contributed by atoms with Crippen LogP contribution in [0.25, 0.3) is 0 Å². The van der Waals surface area contributed by atoms with Gasteiger partial charge < -0.3 is 35.2 Å². The molecule has 0 saturated carbocycles. The first-order valence-corrected chi connectivity index (χ1v) is 13.3. The van der Waals surface area contributed by atoms with Gasteiger partial charge in [-0.3, -0.25) is 4.79 Å². The zero-order valence-corrected chi connectivity index (χ0v) is 23.3. The van der Waals surface area contributed by atoms with Crippen molar-refractivity contribution >= 4 is 46.7 Å². The molecule has 230 valence electrons. The number of alkyl halides is 3. The highest BCUT2D eigenvalue weighted by Crippen LogP contribution is 2.35. The maximum Gasteiger partial charge on any atom is 0.490 e. The summed E-state index contributed by atoms with van der Waals surface area (Å²) in [6.45, 7) is 1.16. The third kappa shape index (κ3) is 9.08. The van der Waals surface area contributed by atoms with E-state index in [1.54, 1.807) is 34.1 Å². The molecule has 2 aliphatic heterocycles. The molecule has 4 N–H and O–H groups in total. The number of hydrogen-bond acceptors (Lipinski definition) is 7. The van der Waals surface area contributed by atoms with Crippen LogP contribution >= 0.6 is 23.2 Å². The number of ether oxygens (including phenoxy) is 1. The molecule has 2 aromatic rings. The lowest BCUT2D eigenvalue weighted by Crippen LogP contribution is -2.50. The van der Waals surface area contributed by atoms with Crippen LogP contribution in [0.2, 0.25) is 10.0 Å². The Morgan fingerprint density at radius 2 is 1.62 bits per heavy atom. The highest BCUT2D eigenvalue weighted by atomic mass is 35.5. The smallest absolute Gasteiger partial charge is 0.480 e. The van der Waals surface area contributed by atoms with E-state index in [0.29, 0.717) is 35.9 Å². The summed E-state index contributed by atoms with van der Waals surface area (Å²) in [6, 6.07) is 9.07. The Morgan fingerprint density at radius 3 is 2.17 bits per heavy atom. The summed E-state index contributed by atoms with van der Waals surface area (Å²) in [6.07, 6.45) is -4.36. The maximum absolute atomic E-state index is 14.2. The standard InChI is InChI=1S/C24H26Cl2FN3O5.C2HF3O2/c25-15-3-1-14(2-4-15)24(34)29-7-5-16(6-8-29)28-19-11-30(12-21(19)31)20-10-18(27)17(26)9-22(20)35-13-23(32)33;3-2(4,5)1(6)7/h1-4,9-10,16,19,21,28,31H,5-8,11-13H2,(H,32,33);(H,6,7)/t19-,21-;/m0./s1. The summed E-state index contributed by atoms with van der Waals surface area (Å²) in [7, 11) is 0. The van der Waals surface area contributed by atoms with Crippen LogP contribution in [0, 0.1) is 5.82 Å². The predicted octanol–water partition coefficient (Wildman–Crippen LogP) is 3.67. The molecule has 2 atom stereocenters. The van der Waals surface area contributed by atoms with Crippen LogP contribution in [0.3, 0.4) is 0 Å². The number of carbonyl (C=O) groups is 3. The van der Waals surface area contributed by atoms with Crippen LogP contribution in [0.4, 0.5) is 23.2 Å². The molecule has 2 aromatic carbocycles. The number of benzene rings is 2. The molecule has 2 aliphatic rings. The lowest BCUT2D eigenvalue weighted by molar-refractivity contribution is -0.192. The zero-order valence-electron chi connectivity index (χ0n) is 21.8. The molecule has 2 saturated heterocycles. The summed E-state index contributed by atoms with van der Waals surface area (Å²) < 4.78 is 51.2. The van der Waals surface area contributed by atoms with E-state index in [1.807, 2.05) is 0 Å². The number of aliphatic hydroxyl groups excluding tert-OH is 1. The van der Waals surface area contributed by atoms with E-state index in [2.05, 4.69) is 5.32 Å². The Labute approximate surface area is 247 Å².